The third-order valence-corrected chi connectivity index (χ3v) is 6.05. The van der Waals surface area contributed by atoms with Crippen molar-refractivity contribution in [2.75, 3.05) is 13.6 Å². The highest BCUT2D eigenvalue weighted by Crippen LogP contribution is 2.26. The number of hydrogen-bond donors (Lipinski definition) is 0. The van der Waals surface area contributed by atoms with E-state index in [0.717, 1.165) is 10.7 Å². The van der Waals surface area contributed by atoms with E-state index < -0.39 is 19.1 Å². The zero-order valence-corrected chi connectivity index (χ0v) is 13.1. The number of halogens is 1. The molecule has 0 aliphatic rings. The molecule has 8 heteroatoms. The predicted molar refractivity (Wildman–Crippen MR) is 74.2 cm³/mol. The van der Waals surface area contributed by atoms with Crippen molar-refractivity contribution in [1.82, 2.24) is 4.31 Å². The predicted octanol–water partition coefficient (Wildman–Crippen LogP) is 2.03. The van der Waals surface area contributed by atoms with Crippen molar-refractivity contribution in [3.8, 4) is 0 Å². The van der Waals surface area contributed by atoms with Crippen molar-refractivity contribution in [3.63, 3.8) is 0 Å². The number of benzene rings is 1. The number of nitrogens with zero attached hydrogens (tertiary/aromatic N) is 1. The third-order valence-electron chi connectivity index (χ3n) is 2.63. The Morgan fingerprint density at radius 1 is 1.11 bits per heavy atom. The lowest BCUT2D eigenvalue weighted by atomic mass is 10.3. The van der Waals surface area contributed by atoms with Gasteiger partial charge in [-0.2, -0.15) is 0 Å². The highest BCUT2D eigenvalue weighted by molar-refractivity contribution is 8.14. The molecule has 0 unspecified atom stereocenters. The van der Waals surface area contributed by atoms with Gasteiger partial charge in [0.05, 0.1) is 0 Å². The zero-order chi connectivity index (χ0) is 14.7. The van der Waals surface area contributed by atoms with Gasteiger partial charge in [-0.25, -0.2) is 21.1 Å². The SMILES string of the molecule is CCCCN(C)S(=O)(=O)c1ccccc1S(=O)(=O)Cl. The Hall–Kier alpha value is -0.630. The van der Waals surface area contributed by atoms with Crippen LogP contribution in [0.3, 0.4) is 0 Å². The van der Waals surface area contributed by atoms with Gasteiger partial charge >= 0.3 is 0 Å². The molecule has 0 saturated carbocycles. The van der Waals surface area contributed by atoms with Crippen molar-refractivity contribution in [3.05, 3.63) is 24.3 Å². The van der Waals surface area contributed by atoms with E-state index in [4.69, 9.17) is 10.7 Å². The monoisotopic (exact) mass is 325 g/mol. The molecule has 0 saturated heterocycles. The molecule has 0 N–H and O–H groups in total. The van der Waals surface area contributed by atoms with Gasteiger partial charge in [0.2, 0.25) is 10.0 Å². The molecule has 0 radical (unpaired) electrons. The van der Waals surface area contributed by atoms with E-state index in [1.54, 1.807) is 0 Å². The normalized spacial score (nSPS) is 12.8. The molecule has 108 valence electrons. The van der Waals surface area contributed by atoms with Crippen molar-refractivity contribution < 1.29 is 16.8 Å². The molecular formula is C11H16ClNO4S2. The second-order valence-corrected chi connectivity index (χ2v) is 8.61. The maximum Gasteiger partial charge on any atom is 0.262 e. The minimum atomic E-state index is -4.10. The van der Waals surface area contributed by atoms with E-state index in [2.05, 4.69) is 0 Å². The number of sulfonamides is 1. The second kappa shape index (κ2) is 6.21. The van der Waals surface area contributed by atoms with Gasteiger partial charge in [-0.05, 0) is 18.6 Å². The fraction of sp³-hybridized carbons (Fsp3) is 0.455. The van der Waals surface area contributed by atoms with Crippen LogP contribution in [0.2, 0.25) is 0 Å². The highest BCUT2D eigenvalue weighted by Gasteiger charge is 2.27. The molecule has 0 aromatic heterocycles. The average molecular weight is 326 g/mol. The van der Waals surface area contributed by atoms with Gasteiger partial charge in [-0.15, -0.1) is 0 Å². The Morgan fingerprint density at radius 2 is 1.63 bits per heavy atom. The van der Waals surface area contributed by atoms with Gasteiger partial charge in [0.25, 0.3) is 9.05 Å². The lowest BCUT2D eigenvalue weighted by Gasteiger charge is -2.18. The molecule has 0 spiro atoms. The summed E-state index contributed by atoms with van der Waals surface area (Å²) < 4.78 is 48.6. The van der Waals surface area contributed by atoms with Crippen LogP contribution in [0.25, 0.3) is 0 Å². The summed E-state index contributed by atoms with van der Waals surface area (Å²) >= 11 is 0. The topological polar surface area (TPSA) is 71.5 Å². The summed E-state index contributed by atoms with van der Waals surface area (Å²) in [5, 5.41) is 0. The van der Waals surface area contributed by atoms with Crippen molar-refractivity contribution in [2.24, 2.45) is 0 Å². The van der Waals surface area contributed by atoms with Gasteiger partial charge in [-0.3, -0.25) is 0 Å². The Bertz CT molecular complexity index is 640. The van der Waals surface area contributed by atoms with E-state index in [1.807, 2.05) is 6.92 Å². The minimum Gasteiger partial charge on any atom is -0.207 e. The summed E-state index contributed by atoms with van der Waals surface area (Å²) in [6.45, 7) is 2.27. The maximum atomic E-state index is 12.3. The Morgan fingerprint density at radius 3 is 2.11 bits per heavy atom. The summed E-state index contributed by atoms with van der Waals surface area (Å²) in [4.78, 5) is -0.677. The third kappa shape index (κ3) is 3.92. The standard InChI is InChI=1S/C11H16ClNO4S2/c1-3-4-9-13(2)19(16,17)11-8-6-5-7-10(11)18(12,14)15/h5-8H,3-4,9H2,1-2H3. The smallest absolute Gasteiger partial charge is 0.207 e. The zero-order valence-electron chi connectivity index (χ0n) is 10.7. The highest BCUT2D eigenvalue weighted by atomic mass is 35.7. The quantitative estimate of drug-likeness (QED) is 0.750. The van der Waals surface area contributed by atoms with Crippen LogP contribution in [0.4, 0.5) is 0 Å². The second-order valence-electron chi connectivity index (χ2n) is 4.06. The minimum absolute atomic E-state index is 0.288. The molecule has 1 aromatic rings. The first-order valence-corrected chi connectivity index (χ1v) is 9.46. The first kappa shape index (κ1) is 16.4. The van der Waals surface area contributed by atoms with Gasteiger partial charge < -0.3 is 0 Å². The van der Waals surface area contributed by atoms with E-state index in [1.165, 1.54) is 31.3 Å². The Kier molecular flexibility index (Phi) is 5.37. The number of hydrogen-bond acceptors (Lipinski definition) is 4. The summed E-state index contributed by atoms with van der Waals surface area (Å²) in [6, 6.07) is 5.32. The Balaban J connectivity index is 3.30. The molecule has 1 rings (SSSR count). The molecule has 0 atom stereocenters. The van der Waals surface area contributed by atoms with Crippen LogP contribution in [0.1, 0.15) is 19.8 Å². The van der Waals surface area contributed by atoms with Gasteiger partial charge in [-0.1, -0.05) is 25.5 Å². The molecule has 0 fully saturated rings. The molecule has 0 aliphatic heterocycles. The summed E-state index contributed by atoms with van der Waals surface area (Å²) in [6.07, 6.45) is 1.54. The Labute approximate surface area is 118 Å². The van der Waals surface area contributed by atoms with E-state index in [9.17, 15) is 16.8 Å². The van der Waals surface area contributed by atoms with Crippen LogP contribution in [0.15, 0.2) is 34.1 Å². The molecule has 0 heterocycles. The van der Waals surface area contributed by atoms with Gasteiger partial charge in [0, 0.05) is 24.3 Å². The fourth-order valence-corrected chi connectivity index (χ4v) is 4.55. The maximum absolute atomic E-state index is 12.3. The molecule has 0 bridgehead atoms. The van der Waals surface area contributed by atoms with Crippen LogP contribution in [-0.2, 0) is 19.1 Å². The number of rotatable bonds is 6. The average Bonchev–Trinajstić information content (AvgIpc) is 2.34. The first-order valence-electron chi connectivity index (χ1n) is 5.71. The van der Waals surface area contributed by atoms with Crippen LogP contribution < -0.4 is 0 Å². The summed E-state index contributed by atoms with van der Waals surface area (Å²) in [5.74, 6) is 0. The molecular weight excluding hydrogens is 310 g/mol. The largest absolute Gasteiger partial charge is 0.262 e. The lowest BCUT2D eigenvalue weighted by Crippen LogP contribution is -2.28. The summed E-state index contributed by atoms with van der Waals surface area (Å²) in [5.41, 5.74) is 0. The van der Waals surface area contributed by atoms with Crippen molar-refractivity contribution >= 4 is 29.8 Å². The molecule has 1 aromatic carbocycles. The van der Waals surface area contributed by atoms with Crippen molar-refractivity contribution in [1.29, 1.82) is 0 Å². The van der Waals surface area contributed by atoms with E-state index >= 15 is 0 Å². The van der Waals surface area contributed by atoms with E-state index in [-0.39, 0.29) is 9.79 Å². The fourth-order valence-electron chi connectivity index (χ4n) is 1.53. The molecule has 0 amide bonds. The molecule has 0 aliphatic carbocycles. The van der Waals surface area contributed by atoms with Crippen LogP contribution in [0, 0.1) is 0 Å². The van der Waals surface area contributed by atoms with Crippen LogP contribution >= 0.6 is 10.7 Å². The summed E-state index contributed by atoms with van der Waals surface area (Å²) in [7, 11) is -1.27. The molecule has 5 nitrogen and oxygen atoms in total. The van der Waals surface area contributed by atoms with Gasteiger partial charge in [0.15, 0.2) is 0 Å². The van der Waals surface area contributed by atoms with Crippen LogP contribution in [0.5, 0.6) is 0 Å². The van der Waals surface area contributed by atoms with E-state index in [0.29, 0.717) is 13.0 Å². The van der Waals surface area contributed by atoms with Gasteiger partial charge in [0.1, 0.15) is 9.79 Å². The first-order chi connectivity index (χ1) is 8.71. The number of unbranched alkanes of at least 4 members (excludes halogenated alkanes) is 1. The van der Waals surface area contributed by atoms with Crippen molar-refractivity contribution in [2.45, 2.75) is 29.6 Å². The molecule has 19 heavy (non-hydrogen) atoms. The lowest BCUT2D eigenvalue weighted by molar-refractivity contribution is 0.457. The van der Waals surface area contributed by atoms with Crippen LogP contribution in [-0.4, -0.2) is 34.7 Å².